The Balaban J connectivity index is 2.11. The van der Waals surface area contributed by atoms with Crippen LogP contribution in [-0.2, 0) is 15.0 Å². The van der Waals surface area contributed by atoms with Crippen molar-refractivity contribution in [3.63, 3.8) is 0 Å². The zero-order valence-electron chi connectivity index (χ0n) is 11.8. The monoisotopic (exact) mass is 305 g/mol. The average Bonchev–Trinajstić information content (AvgIpc) is 2.39. The molecular weight excluding hydrogens is 282 g/mol. The summed E-state index contributed by atoms with van der Waals surface area (Å²) >= 11 is 0. The highest BCUT2D eigenvalue weighted by atomic mass is 32.2. The minimum atomic E-state index is -3.73. The Morgan fingerprint density at radius 1 is 1.10 bits per heavy atom. The third-order valence-corrected chi connectivity index (χ3v) is 5.94. The van der Waals surface area contributed by atoms with Crippen molar-refractivity contribution in [2.75, 3.05) is 33.2 Å². The summed E-state index contributed by atoms with van der Waals surface area (Å²) in [5, 5.41) is 9.44. The van der Waals surface area contributed by atoms with Crippen LogP contribution in [0.4, 0.5) is 0 Å². The summed E-state index contributed by atoms with van der Waals surface area (Å²) in [5.74, 6) is -1.06. The van der Waals surface area contributed by atoms with Gasteiger partial charge in [-0.3, -0.25) is 4.79 Å². The Kier molecular flexibility index (Phi) is 4.68. The van der Waals surface area contributed by atoms with E-state index in [9.17, 15) is 18.3 Å². The van der Waals surface area contributed by atoms with Crippen LogP contribution in [0.15, 0.2) is 0 Å². The van der Waals surface area contributed by atoms with Crippen LogP contribution in [0.3, 0.4) is 0 Å². The fourth-order valence-electron chi connectivity index (χ4n) is 2.85. The van der Waals surface area contributed by atoms with Gasteiger partial charge in [0.25, 0.3) is 10.2 Å². The van der Waals surface area contributed by atoms with E-state index in [1.54, 1.807) is 0 Å². The first-order valence-electron chi connectivity index (χ1n) is 7.07. The molecule has 2 aliphatic rings. The van der Waals surface area contributed by atoms with Crippen LogP contribution in [0, 0.1) is 0 Å². The fourth-order valence-corrected chi connectivity index (χ4v) is 4.41. The van der Waals surface area contributed by atoms with E-state index in [0.29, 0.717) is 39.0 Å². The van der Waals surface area contributed by atoms with Gasteiger partial charge in [-0.2, -0.15) is 17.4 Å². The minimum absolute atomic E-state index is 0.370. The summed E-state index contributed by atoms with van der Waals surface area (Å²) < 4.78 is 28.6. The smallest absolute Gasteiger partial charge is 0.324 e. The van der Waals surface area contributed by atoms with Crippen molar-refractivity contribution in [3.05, 3.63) is 0 Å². The average molecular weight is 305 g/mol. The van der Waals surface area contributed by atoms with Crippen LogP contribution in [0.5, 0.6) is 0 Å². The molecular formula is C12H23N3O4S. The van der Waals surface area contributed by atoms with E-state index < -0.39 is 21.7 Å². The van der Waals surface area contributed by atoms with Crippen LogP contribution >= 0.6 is 0 Å². The van der Waals surface area contributed by atoms with Crippen molar-refractivity contribution in [2.24, 2.45) is 0 Å². The zero-order chi connectivity index (χ0) is 14.8. The number of carboxylic acids is 1. The number of piperazine rings is 1. The van der Waals surface area contributed by atoms with Crippen LogP contribution in [0.25, 0.3) is 0 Å². The molecule has 0 spiro atoms. The second-order valence-corrected chi connectivity index (χ2v) is 7.43. The molecule has 0 unspecified atom stereocenters. The molecule has 0 aromatic carbocycles. The summed E-state index contributed by atoms with van der Waals surface area (Å²) in [5.41, 5.74) is -1.32. The summed E-state index contributed by atoms with van der Waals surface area (Å²) in [6.45, 7) is 2.14. The van der Waals surface area contributed by atoms with Gasteiger partial charge in [-0.15, -0.1) is 0 Å². The van der Waals surface area contributed by atoms with E-state index in [2.05, 4.69) is 9.62 Å². The van der Waals surface area contributed by atoms with E-state index in [1.807, 2.05) is 7.05 Å². The Labute approximate surface area is 120 Å². The van der Waals surface area contributed by atoms with E-state index in [0.717, 1.165) is 19.3 Å². The normalized spacial score (nSPS) is 25.4. The summed E-state index contributed by atoms with van der Waals surface area (Å²) in [4.78, 5) is 13.6. The first kappa shape index (κ1) is 15.7. The minimum Gasteiger partial charge on any atom is -0.480 e. The third-order valence-electron chi connectivity index (χ3n) is 4.24. The number of hydrogen-bond donors (Lipinski definition) is 2. The Bertz CT molecular complexity index is 451. The highest BCUT2D eigenvalue weighted by molar-refractivity contribution is 7.87. The Morgan fingerprint density at radius 3 is 2.15 bits per heavy atom. The van der Waals surface area contributed by atoms with Gasteiger partial charge in [0.2, 0.25) is 0 Å². The lowest BCUT2D eigenvalue weighted by atomic mass is 9.83. The number of carbonyl (C=O) groups is 1. The molecule has 1 aliphatic carbocycles. The first-order valence-corrected chi connectivity index (χ1v) is 8.51. The first-order chi connectivity index (χ1) is 9.36. The molecule has 0 aromatic heterocycles. The molecule has 0 amide bonds. The molecule has 1 saturated heterocycles. The highest BCUT2D eigenvalue weighted by Crippen LogP contribution is 2.29. The molecule has 2 rings (SSSR count). The molecule has 2 fully saturated rings. The number of aliphatic carboxylic acids is 1. The quantitative estimate of drug-likeness (QED) is 0.754. The molecule has 20 heavy (non-hydrogen) atoms. The number of carboxylic acid groups (broad SMARTS) is 1. The Morgan fingerprint density at radius 2 is 1.65 bits per heavy atom. The molecule has 8 heteroatoms. The molecule has 0 radical (unpaired) electrons. The lowest BCUT2D eigenvalue weighted by Gasteiger charge is -2.37. The van der Waals surface area contributed by atoms with Crippen molar-refractivity contribution in [1.29, 1.82) is 0 Å². The van der Waals surface area contributed by atoms with Gasteiger partial charge in [0.1, 0.15) is 5.54 Å². The van der Waals surface area contributed by atoms with Gasteiger partial charge in [0, 0.05) is 26.2 Å². The highest BCUT2D eigenvalue weighted by Gasteiger charge is 2.44. The molecule has 1 saturated carbocycles. The SMILES string of the molecule is CN1CCN(S(=O)(=O)NC2(C(=O)O)CCCCC2)CC1. The standard InChI is InChI=1S/C12H23N3O4S/c1-14-7-9-15(10-8-14)20(18,19)13-12(11(16)17)5-3-2-4-6-12/h13H,2-10H2,1H3,(H,16,17). The second-order valence-electron chi connectivity index (χ2n) is 5.76. The molecule has 0 aromatic rings. The molecule has 1 heterocycles. The lowest BCUT2D eigenvalue weighted by Crippen LogP contribution is -2.60. The van der Waals surface area contributed by atoms with Gasteiger partial charge in [0.15, 0.2) is 0 Å². The summed E-state index contributed by atoms with van der Waals surface area (Å²) in [7, 11) is -1.79. The van der Waals surface area contributed by atoms with Crippen molar-refractivity contribution in [3.8, 4) is 0 Å². The van der Waals surface area contributed by atoms with Crippen LogP contribution in [0.1, 0.15) is 32.1 Å². The maximum atomic E-state index is 12.4. The van der Waals surface area contributed by atoms with Crippen molar-refractivity contribution in [2.45, 2.75) is 37.6 Å². The predicted molar refractivity (Wildman–Crippen MR) is 74.6 cm³/mol. The van der Waals surface area contributed by atoms with Crippen LogP contribution in [-0.4, -0.2) is 67.5 Å². The van der Waals surface area contributed by atoms with Gasteiger partial charge < -0.3 is 10.0 Å². The summed E-state index contributed by atoms with van der Waals surface area (Å²) in [6, 6.07) is 0. The van der Waals surface area contributed by atoms with Crippen molar-refractivity contribution >= 4 is 16.2 Å². The van der Waals surface area contributed by atoms with E-state index >= 15 is 0 Å². The molecule has 0 atom stereocenters. The maximum absolute atomic E-state index is 12.4. The number of hydrogen-bond acceptors (Lipinski definition) is 4. The lowest BCUT2D eigenvalue weighted by molar-refractivity contribution is -0.145. The van der Waals surface area contributed by atoms with Gasteiger partial charge in [0.05, 0.1) is 0 Å². The number of nitrogens with zero attached hydrogens (tertiary/aromatic N) is 2. The largest absolute Gasteiger partial charge is 0.480 e. The molecule has 116 valence electrons. The predicted octanol–water partition coefficient (Wildman–Crippen LogP) is -0.144. The van der Waals surface area contributed by atoms with E-state index in [-0.39, 0.29) is 0 Å². The topological polar surface area (TPSA) is 90.0 Å². The van der Waals surface area contributed by atoms with Gasteiger partial charge in [-0.05, 0) is 19.9 Å². The fraction of sp³-hybridized carbons (Fsp3) is 0.917. The van der Waals surface area contributed by atoms with Crippen molar-refractivity contribution in [1.82, 2.24) is 13.9 Å². The molecule has 7 nitrogen and oxygen atoms in total. The van der Waals surface area contributed by atoms with E-state index in [4.69, 9.17) is 0 Å². The van der Waals surface area contributed by atoms with Gasteiger partial charge >= 0.3 is 5.97 Å². The maximum Gasteiger partial charge on any atom is 0.324 e. The second kappa shape index (κ2) is 5.97. The van der Waals surface area contributed by atoms with Crippen molar-refractivity contribution < 1.29 is 18.3 Å². The molecule has 0 bridgehead atoms. The Hall–Kier alpha value is -0.700. The van der Waals surface area contributed by atoms with Crippen LogP contribution in [0.2, 0.25) is 0 Å². The molecule has 2 N–H and O–H groups in total. The third kappa shape index (κ3) is 3.30. The number of nitrogens with one attached hydrogen (secondary N) is 1. The van der Waals surface area contributed by atoms with Gasteiger partial charge in [-0.1, -0.05) is 19.3 Å². The zero-order valence-corrected chi connectivity index (χ0v) is 12.7. The van der Waals surface area contributed by atoms with Crippen LogP contribution < -0.4 is 4.72 Å². The van der Waals surface area contributed by atoms with Gasteiger partial charge in [-0.25, -0.2) is 0 Å². The van der Waals surface area contributed by atoms with E-state index in [1.165, 1.54) is 4.31 Å². The number of rotatable bonds is 4. The number of likely N-dealkylation sites (N-methyl/N-ethyl adjacent to an activating group) is 1. The summed E-state index contributed by atoms with van der Waals surface area (Å²) in [6.07, 6.45) is 3.20. The molecule has 1 aliphatic heterocycles.